The molecule has 0 atom stereocenters. The molecule has 2 amide bonds. The van der Waals surface area contributed by atoms with Gasteiger partial charge in [0.05, 0.1) is 11.3 Å². The van der Waals surface area contributed by atoms with E-state index in [1.54, 1.807) is 91.8 Å². The van der Waals surface area contributed by atoms with Gasteiger partial charge in [-0.05, 0) is 18.2 Å². The van der Waals surface area contributed by atoms with Crippen molar-refractivity contribution < 1.29 is 37.2 Å². The Labute approximate surface area is 360 Å². The Hall–Kier alpha value is -5.72. The van der Waals surface area contributed by atoms with E-state index in [9.17, 15) is 27.2 Å². The summed E-state index contributed by atoms with van der Waals surface area (Å²) in [6.45, 7) is 0. The molecule has 0 aliphatic rings. The molecule has 8 aromatic rings. The van der Waals surface area contributed by atoms with E-state index in [1.165, 1.54) is 53.2 Å². The van der Waals surface area contributed by atoms with Crippen molar-refractivity contribution in [2.45, 2.75) is 0 Å². The molecule has 4 N–H and O–H groups in total. The number of hydrogen-bond donors (Lipinski definition) is 4. The number of nitrogens with zero attached hydrogens (tertiary/aromatic N) is 6. The maximum atomic E-state index is 14.0. The Morgan fingerprint density at radius 1 is 0.633 bits per heavy atom. The minimum atomic E-state index is -1.61. The van der Waals surface area contributed by atoms with Crippen molar-refractivity contribution in [2.75, 3.05) is 10.6 Å². The fourth-order valence-corrected chi connectivity index (χ4v) is 9.24. The van der Waals surface area contributed by atoms with E-state index in [1.807, 2.05) is 0 Å². The Morgan fingerprint density at radius 3 is 1.55 bits per heavy atom. The molecule has 4 heterocycles. The molecule has 0 saturated heterocycles. The molecule has 0 aliphatic heterocycles. The number of hydrogen-bond acceptors (Lipinski definition) is 8. The molecule has 0 radical (unpaired) electrons. The van der Waals surface area contributed by atoms with E-state index in [4.69, 9.17) is 10.0 Å². The van der Waals surface area contributed by atoms with E-state index in [-0.39, 0.29) is 57.4 Å². The zero-order valence-corrected chi connectivity index (χ0v) is 36.2. The van der Waals surface area contributed by atoms with Crippen LogP contribution in [0.15, 0.2) is 125 Å². The number of aromatic nitrogens is 6. The van der Waals surface area contributed by atoms with Gasteiger partial charge in [0.15, 0.2) is 0 Å². The van der Waals surface area contributed by atoms with Crippen molar-refractivity contribution >= 4 is 78.8 Å². The van der Waals surface area contributed by atoms with Crippen LogP contribution >= 0.6 is 15.9 Å². The summed E-state index contributed by atoms with van der Waals surface area (Å²) in [5.41, 5.74) is 2.67. The Bertz CT molecular complexity index is 2780. The van der Waals surface area contributed by atoms with E-state index in [0.29, 0.717) is 31.9 Å². The van der Waals surface area contributed by atoms with Crippen LogP contribution in [0.1, 0.15) is 20.7 Å². The van der Waals surface area contributed by atoms with Crippen LogP contribution in [0.5, 0.6) is 0 Å². The van der Waals surface area contributed by atoms with Crippen molar-refractivity contribution in [1.29, 1.82) is 0 Å². The summed E-state index contributed by atoms with van der Waals surface area (Å²) in [7, 11) is 1.73. The minimum absolute atomic E-state index is 0.0269. The molecule has 0 bridgehead atoms. The molecule has 0 aliphatic carbocycles. The second-order valence-electron chi connectivity index (χ2n) is 12.3. The number of nitrogens with one attached hydrogen (secondary N) is 2. The van der Waals surface area contributed by atoms with Crippen molar-refractivity contribution in [1.82, 2.24) is 29.5 Å². The molecule has 12 nitrogen and oxygen atoms in total. The van der Waals surface area contributed by atoms with E-state index < -0.39 is 30.6 Å². The van der Waals surface area contributed by atoms with Crippen molar-refractivity contribution in [3.63, 3.8) is 0 Å². The topological polar surface area (TPSA) is 160 Å². The maximum absolute atomic E-state index is 14.0. The molecule has 304 valence electrons. The standard InChI is InChI=1S/C20H14F2N4OSe.C10H10BFN2O2.C10H6BrFN2OSe/c1-26-17(10-16(25-26)12-6-2-4-8-14(12)21)18-11-23-20(28-18)24-19(27)13-7-3-5-9-15(13)22;1-14-10(11(15)16)6-9(13-14)7-4-2-3-5-8(7)12;11-8-5-13-10(16-8)14-9(15)6-3-1-2-4-7(6)12/h2-11H,1H3,(H,23,24,27);2-6,15-16H,1H3;1-5H,(H,13,14,15). The average molecular weight is 1010 g/mol. The van der Waals surface area contributed by atoms with Crippen LogP contribution in [0, 0.1) is 23.3 Å². The monoisotopic (exact) mass is 1010 g/mol. The van der Waals surface area contributed by atoms with Crippen LogP contribution in [-0.2, 0) is 14.1 Å². The van der Waals surface area contributed by atoms with Gasteiger partial charge in [-0.2, -0.15) is 5.10 Å². The molecule has 4 aromatic heterocycles. The molecule has 20 heteroatoms. The summed E-state index contributed by atoms with van der Waals surface area (Å²) < 4.78 is 60.4. The third-order valence-corrected chi connectivity index (χ3v) is 12.8. The summed E-state index contributed by atoms with van der Waals surface area (Å²) >= 11 is 2.97. The van der Waals surface area contributed by atoms with Gasteiger partial charge in [0.2, 0.25) is 0 Å². The fourth-order valence-electron chi connectivity index (χ4n) is 5.40. The Kier molecular flexibility index (Phi) is 14.6. The zero-order chi connectivity index (χ0) is 42.9. The van der Waals surface area contributed by atoms with Crippen LogP contribution in [0.25, 0.3) is 32.6 Å². The number of benzene rings is 4. The summed E-state index contributed by atoms with van der Waals surface area (Å²) in [5.74, 6) is -2.84. The number of rotatable bonds is 8. The molecule has 0 saturated carbocycles. The summed E-state index contributed by atoms with van der Waals surface area (Å²) in [5, 5.41) is 31.7. The Morgan fingerprint density at radius 2 is 1.08 bits per heavy atom. The first-order valence-corrected chi connectivity index (χ1v) is 21.6. The van der Waals surface area contributed by atoms with Crippen molar-refractivity contribution in [3.05, 3.63) is 159 Å². The molecule has 60 heavy (non-hydrogen) atoms. The van der Waals surface area contributed by atoms with Gasteiger partial charge in [-0.3, -0.25) is 4.68 Å². The predicted molar refractivity (Wildman–Crippen MR) is 225 cm³/mol. The SMILES string of the molecule is Cn1nc(-c2ccccc2F)cc1-c1cnc(NC(=O)c2ccccc2F)[se]1.Cn1nc(-c2ccccc2F)cc1B(O)O.O=C(Nc1ncc(Br)[se]1)c1ccccc1F. The summed E-state index contributed by atoms with van der Waals surface area (Å²) in [4.78, 5) is 32.2. The van der Waals surface area contributed by atoms with Gasteiger partial charge >= 0.3 is 278 Å². The number of halogens is 5. The number of amides is 2. The van der Waals surface area contributed by atoms with Crippen LogP contribution in [0.3, 0.4) is 0 Å². The van der Waals surface area contributed by atoms with Gasteiger partial charge in [0.1, 0.15) is 5.82 Å². The summed E-state index contributed by atoms with van der Waals surface area (Å²) in [6, 6.07) is 27.5. The number of carbonyl (C=O) groups excluding carboxylic acids is 2. The average Bonchev–Trinajstić information content (AvgIpc) is 4.03. The molecule has 0 spiro atoms. The van der Waals surface area contributed by atoms with E-state index >= 15 is 0 Å². The quantitative estimate of drug-likeness (QED) is 0.108. The van der Waals surface area contributed by atoms with Crippen LogP contribution < -0.4 is 16.2 Å². The fraction of sp³-hybridized carbons (Fsp3) is 0.0500. The van der Waals surface area contributed by atoms with Crippen LogP contribution in [-0.4, -0.2) is 87.5 Å². The molecule has 8 rings (SSSR count). The van der Waals surface area contributed by atoms with Gasteiger partial charge in [-0.1, -0.05) is 12.1 Å². The third kappa shape index (κ3) is 10.9. The molecule has 4 aromatic carbocycles. The number of anilines is 2. The van der Waals surface area contributed by atoms with E-state index in [2.05, 4.69) is 46.7 Å². The first-order valence-electron chi connectivity index (χ1n) is 17.4. The molecular weight excluding hydrogens is 981 g/mol. The van der Waals surface area contributed by atoms with Gasteiger partial charge in [0, 0.05) is 12.6 Å². The predicted octanol–water partition coefficient (Wildman–Crippen LogP) is 5.94. The second kappa shape index (κ2) is 20.0. The van der Waals surface area contributed by atoms with Gasteiger partial charge < -0.3 is 10.0 Å². The van der Waals surface area contributed by atoms with Gasteiger partial charge in [0.25, 0.3) is 0 Å². The zero-order valence-electron chi connectivity index (χ0n) is 31.2. The number of aryl methyl sites for hydroxylation is 2. The number of carbonyl (C=O) groups is 2. The Balaban J connectivity index is 0.000000162. The van der Waals surface area contributed by atoms with Crippen molar-refractivity contribution in [2.24, 2.45) is 14.1 Å². The second-order valence-corrected chi connectivity index (χ2v) is 18.7. The normalized spacial score (nSPS) is 10.6. The van der Waals surface area contributed by atoms with Gasteiger partial charge in [-0.25, -0.2) is 4.39 Å². The van der Waals surface area contributed by atoms with Gasteiger partial charge in [-0.15, -0.1) is 0 Å². The molecular formula is C40H30BBrF4N8O4Se2. The summed E-state index contributed by atoms with van der Waals surface area (Å²) in [6.07, 6.45) is 3.29. The van der Waals surface area contributed by atoms with Crippen molar-refractivity contribution in [3.8, 4) is 32.6 Å². The third-order valence-electron chi connectivity index (χ3n) is 8.27. The van der Waals surface area contributed by atoms with Crippen LogP contribution in [0.2, 0.25) is 0 Å². The molecule has 0 fully saturated rings. The first-order chi connectivity index (χ1) is 28.8. The molecule has 0 unspecified atom stereocenters. The van der Waals surface area contributed by atoms with E-state index in [0.717, 1.165) is 13.5 Å². The van der Waals surface area contributed by atoms with Crippen LogP contribution in [0.4, 0.5) is 26.9 Å². The first kappa shape index (κ1) is 43.9.